The van der Waals surface area contributed by atoms with Gasteiger partial charge in [0.2, 0.25) is 5.91 Å². The second kappa shape index (κ2) is 7.93. The summed E-state index contributed by atoms with van der Waals surface area (Å²) in [5.41, 5.74) is 0.698. The maximum atomic E-state index is 12.9. The van der Waals surface area contributed by atoms with Crippen LogP contribution in [0.15, 0.2) is 23.6 Å². The molecule has 30 heavy (non-hydrogen) atoms. The van der Waals surface area contributed by atoms with E-state index < -0.39 is 5.60 Å². The summed E-state index contributed by atoms with van der Waals surface area (Å²) in [6.45, 7) is 9.63. The van der Waals surface area contributed by atoms with Crippen LogP contribution in [0.3, 0.4) is 0 Å². The van der Waals surface area contributed by atoms with Crippen molar-refractivity contribution in [2.75, 3.05) is 16.8 Å². The Morgan fingerprint density at radius 1 is 1.37 bits per heavy atom. The number of nitriles is 1. The predicted molar refractivity (Wildman–Crippen MR) is 119 cm³/mol. The van der Waals surface area contributed by atoms with Gasteiger partial charge in [-0.1, -0.05) is 32.4 Å². The van der Waals surface area contributed by atoms with Crippen LogP contribution in [-0.4, -0.2) is 24.0 Å². The quantitative estimate of drug-likeness (QED) is 0.709. The molecule has 1 aliphatic heterocycles. The Hall–Kier alpha value is -2.56. The van der Waals surface area contributed by atoms with Gasteiger partial charge in [-0.2, -0.15) is 5.26 Å². The van der Waals surface area contributed by atoms with E-state index >= 15 is 0 Å². The van der Waals surface area contributed by atoms with E-state index in [0.29, 0.717) is 27.0 Å². The third-order valence-electron chi connectivity index (χ3n) is 4.86. The van der Waals surface area contributed by atoms with Crippen molar-refractivity contribution in [3.05, 3.63) is 39.7 Å². The summed E-state index contributed by atoms with van der Waals surface area (Å²) >= 11 is 7.44. The maximum Gasteiger partial charge on any atom is 0.270 e. The van der Waals surface area contributed by atoms with E-state index in [1.165, 1.54) is 16.2 Å². The smallest absolute Gasteiger partial charge is 0.270 e. The van der Waals surface area contributed by atoms with Crippen molar-refractivity contribution in [3.63, 3.8) is 0 Å². The van der Waals surface area contributed by atoms with Crippen LogP contribution >= 0.6 is 22.9 Å². The molecule has 0 fully saturated rings. The highest BCUT2D eigenvalue weighted by Gasteiger charge is 2.41. The minimum absolute atomic E-state index is 0.0708. The number of amides is 2. The lowest BCUT2D eigenvalue weighted by Gasteiger charge is -2.38. The minimum atomic E-state index is -1.04. The van der Waals surface area contributed by atoms with Gasteiger partial charge in [0.1, 0.15) is 16.8 Å². The normalized spacial score (nSPS) is 15.2. The monoisotopic (exact) mass is 445 g/mol. The Morgan fingerprint density at radius 3 is 2.70 bits per heavy atom. The number of rotatable bonds is 4. The lowest BCUT2D eigenvalue weighted by Crippen LogP contribution is -2.53. The van der Waals surface area contributed by atoms with Crippen LogP contribution in [0.25, 0.3) is 0 Å². The number of carbonyl (C=O) groups excluding carboxylic acids is 2. The molecule has 2 amide bonds. The first-order valence-corrected chi connectivity index (χ1v) is 10.8. The van der Waals surface area contributed by atoms with Crippen LogP contribution in [0, 0.1) is 11.3 Å². The Morgan fingerprint density at radius 2 is 2.07 bits per heavy atom. The molecular formula is C22H24ClN3O3S. The molecular weight excluding hydrogens is 422 g/mol. The maximum absolute atomic E-state index is 12.9. The summed E-state index contributed by atoms with van der Waals surface area (Å²) in [5, 5.41) is 15.3. The van der Waals surface area contributed by atoms with Crippen molar-refractivity contribution in [2.45, 2.75) is 52.1 Å². The summed E-state index contributed by atoms with van der Waals surface area (Å²) in [6.07, 6.45) is 0.0708. The standard InChI is InChI=1S/C22H24ClN3O3S/c1-21(2,3)15-12-30-19(14(15)11-24)25-18(27)8-9-26-16-10-13(23)6-7-17(16)29-22(4,5)20(26)28/h6-7,10,12H,8-9H2,1-5H3,(H,25,27). The Balaban J connectivity index is 1.77. The van der Waals surface area contributed by atoms with Gasteiger partial charge < -0.3 is 15.0 Å². The molecule has 0 saturated carbocycles. The number of thiophene rings is 1. The Labute approximate surface area is 185 Å². The number of nitrogens with zero attached hydrogens (tertiary/aromatic N) is 2. The lowest BCUT2D eigenvalue weighted by molar-refractivity contribution is -0.132. The van der Waals surface area contributed by atoms with Crippen molar-refractivity contribution >= 4 is 45.4 Å². The first-order valence-electron chi connectivity index (χ1n) is 9.56. The third-order valence-corrected chi connectivity index (χ3v) is 5.99. The number of benzene rings is 1. The fourth-order valence-corrected chi connectivity index (χ4v) is 4.60. The second-order valence-corrected chi connectivity index (χ2v) is 10.0. The molecule has 158 valence electrons. The van der Waals surface area contributed by atoms with E-state index in [9.17, 15) is 14.9 Å². The first kappa shape index (κ1) is 22.1. The van der Waals surface area contributed by atoms with E-state index in [-0.39, 0.29) is 30.2 Å². The molecule has 0 atom stereocenters. The molecule has 1 aromatic carbocycles. The number of hydrogen-bond acceptors (Lipinski definition) is 5. The molecule has 1 aliphatic rings. The summed E-state index contributed by atoms with van der Waals surface area (Å²) in [4.78, 5) is 27.0. The highest BCUT2D eigenvalue weighted by atomic mass is 35.5. The highest BCUT2D eigenvalue weighted by Crippen LogP contribution is 2.39. The van der Waals surface area contributed by atoms with Crippen molar-refractivity contribution in [3.8, 4) is 11.8 Å². The molecule has 2 aromatic rings. The van der Waals surface area contributed by atoms with Gasteiger partial charge in [0, 0.05) is 18.0 Å². The van der Waals surface area contributed by atoms with Gasteiger partial charge in [-0.15, -0.1) is 11.3 Å². The van der Waals surface area contributed by atoms with Crippen molar-refractivity contribution in [1.82, 2.24) is 0 Å². The molecule has 0 aliphatic carbocycles. The van der Waals surface area contributed by atoms with Crippen LogP contribution < -0.4 is 15.0 Å². The van der Waals surface area contributed by atoms with Gasteiger partial charge in [-0.25, -0.2) is 0 Å². The van der Waals surface area contributed by atoms with Crippen molar-refractivity contribution < 1.29 is 14.3 Å². The number of nitrogens with one attached hydrogen (secondary N) is 1. The van der Waals surface area contributed by atoms with Crippen LogP contribution in [0.4, 0.5) is 10.7 Å². The molecule has 0 bridgehead atoms. The van der Waals surface area contributed by atoms with Crippen molar-refractivity contribution in [1.29, 1.82) is 5.26 Å². The average Bonchev–Trinajstić information content (AvgIpc) is 3.05. The first-order chi connectivity index (χ1) is 13.9. The average molecular weight is 446 g/mol. The number of hydrogen-bond donors (Lipinski definition) is 1. The topological polar surface area (TPSA) is 82.4 Å². The zero-order chi connectivity index (χ0) is 22.3. The second-order valence-electron chi connectivity index (χ2n) is 8.69. The van der Waals surface area contributed by atoms with E-state index in [1.807, 2.05) is 26.2 Å². The minimum Gasteiger partial charge on any atom is -0.476 e. The molecule has 6 nitrogen and oxygen atoms in total. The van der Waals surface area contributed by atoms with Crippen molar-refractivity contribution in [2.24, 2.45) is 0 Å². The summed E-state index contributed by atoms with van der Waals surface area (Å²) < 4.78 is 5.80. The van der Waals surface area contributed by atoms with Gasteiger partial charge >= 0.3 is 0 Å². The largest absolute Gasteiger partial charge is 0.476 e. The third kappa shape index (κ3) is 4.30. The van der Waals surface area contributed by atoms with Gasteiger partial charge in [-0.3, -0.25) is 9.59 Å². The molecule has 0 unspecified atom stereocenters. The van der Waals surface area contributed by atoms with Gasteiger partial charge in [0.05, 0.1) is 11.3 Å². The number of ether oxygens (including phenoxy) is 1. The number of halogens is 1. The number of carbonyl (C=O) groups is 2. The van der Waals surface area contributed by atoms with Crippen LogP contribution in [-0.2, 0) is 15.0 Å². The van der Waals surface area contributed by atoms with Crippen LogP contribution in [0.1, 0.15) is 52.2 Å². The summed E-state index contributed by atoms with van der Waals surface area (Å²) in [5.74, 6) is 0.0349. The molecule has 3 rings (SSSR count). The molecule has 0 saturated heterocycles. The highest BCUT2D eigenvalue weighted by molar-refractivity contribution is 7.14. The molecule has 0 radical (unpaired) electrons. The molecule has 1 N–H and O–H groups in total. The number of fused-ring (bicyclic) bond motifs is 1. The molecule has 1 aromatic heterocycles. The Bertz CT molecular complexity index is 1050. The zero-order valence-electron chi connectivity index (χ0n) is 17.6. The van der Waals surface area contributed by atoms with Gasteiger partial charge in [0.15, 0.2) is 5.60 Å². The predicted octanol–water partition coefficient (Wildman–Crippen LogP) is 5.10. The summed E-state index contributed by atoms with van der Waals surface area (Å²) in [6, 6.07) is 7.27. The van der Waals surface area contributed by atoms with Gasteiger partial charge in [0.25, 0.3) is 5.91 Å². The lowest BCUT2D eigenvalue weighted by atomic mass is 9.86. The Kier molecular flexibility index (Phi) is 5.85. The van der Waals surface area contributed by atoms with E-state index in [4.69, 9.17) is 16.3 Å². The SMILES string of the molecule is CC1(C)Oc2ccc(Cl)cc2N(CCC(=O)Nc2scc(C(C)(C)C)c2C#N)C1=O. The van der Waals surface area contributed by atoms with Gasteiger partial charge in [-0.05, 0) is 48.4 Å². The van der Waals surface area contributed by atoms with E-state index in [0.717, 1.165) is 5.56 Å². The molecule has 0 spiro atoms. The fourth-order valence-electron chi connectivity index (χ4n) is 3.28. The van der Waals surface area contributed by atoms with E-state index in [2.05, 4.69) is 11.4 Å². The molecule has 2 heterocycles. The van der Waals surface area contributed by atoms with Crippen LogP contribution in [0.5, 0.6) is 5.75 Å². The fraction of sp³-hybridized carbons (Fsp3) is 0.409. The van der Waals surface area contributed by atoms with Crippen LogP contribution in [0.2, 0.25) is 5.02 Å². The van der Waals surface area contributed by atoms with E-state index in [1.54, 1.807) is 32.0 Å². The number of anilines is 2. The summed E-state index contributed by atoms with van der Waals surface area (Å²) in [7, 11) is 0. The molecule has 8 heteroatoms. The zero-order valence-corrected chi connectivity index (χ0v) is 19.2.